The molecular weight excluding hydrogens is 284 g/mol. The first-order chi connectivity index (χ1) is 10.7. The third-order valence-corrected chi connectivity index (χ3v) is 4.22. The minimum absolute atomic E-state index is 0.0191. The van der Waals surface area contributed by atoms with Crippen molar-refractivity contribution in [2.24, 2.45) is 5.92 Å². The fourth-order valence-electron chi connectivity index (χ4n) is 2.69. The Morgan fingerprint density at radius 2 is 1.77 bits per heavy atom. The molecule has 1 aromatic rings. The van der Waals surface area contributed by atoms with E-state index >= 15 is 0 Å². The van der Waals surface area contributed by atoms with E-state index in [9.17, 15) is 4.79 Å². The lowest BCUT2D eigenvalue weighted by atomic mass is 9.87. The Hall–Kier alpha value is -1.59. The molecule has 0 spiro atoms. The van der Waals surface area contributed by atoms with Gasteiger partial charge in [-0.15, -0.1) is 0 Å². The molecule has 2 aliphatic rings. The third kappa shape index (κ3) is 4.21. The normalized spacial score (nSPS) is 27.2. The van der Waals surface area contributed by atoms with Crippen molar-refractivity contribution in [3.8, 4) is 11.5 Å². The number of epoxide rings is 1. The highest BCUT2D eigenvalue weighted by molar-refractivity contribution is 5.75. The molecular formula is C17H22O5. The molecule has 0 amide bonds. The maximum Gasteiger partial charge on any atom is 0.314 e. The highest BCUT2D eigenvalue weighted by Crippen LogP contribution is 2.28. The van der Waals surface area contributed by atoms with Crippen LogP contribution in [0.5, 0.6) is 11.5 Å². The Morgan fingerprint density at radius 3 is 2.36 bits per heavy atom. The second kappa shape index (κ2) is 7.11. The number of hydrogen-bond acceptors (Lipinski definition) is 5. The van der Waals surface area contributed by atoms with E-state index in [0.717, 1.165) is 38.0 Å². The molecule has 1 saturated heterocycles. The van der Waals surface area contributed by atoms with Crippen molar-refractivity contribution in [2.75, 3.05) is 20.3 Å². The SMILES string of the molecule is COC1CCC(C(=O)Oc2ccc(OCC3CO3)cc2)CC1. The number of methoxy groups -OCH3 is 1. The van der Waals surface area contributed by atoms with Crippen LogP contribution in [0.1, 0.15) is 25.7 Å². The molecule has 1 atom stereocenters. The van der Waals surface area contributed by atoms with Crippen LogP contribution in [0.2, 0.25) is 0 Å². The highest BCUT2D eigenvalue weighted by Gasteiger charge is 2.27. The summed E-state index contributed by atoms with van der Waals surface area (Å²) in [6, 6.07) is 7.16. The maximum absolute atomic E-state index is 12.2. The van der Waals surface area contributed by atoms with Gasteiger partial charge in [0, 0.05) is 7.11 Å². The molecule has 1 saturated carbocycles. The second-order valence-electron chi connectivity index (χ2n) is 5.87. The average molecular weight is 306 g/mol. The molecule has 5 nitrogen and oxygen atoms in total. The van der Waals surface area contributed by atoms with Crippen molar-refractivity contribution in [3.05, 3.63) is 24.3 Å². The number of hydrogen-bond donors (Lipinski definition) is 0. The van der Waals surface area contributed by atoms with Gasteiger partial charge in [-0.2, -0.15) is 0 Å². The number of carbonyl (C=O) groups excluding carboxylic acids is 1. The molecule has 22 heavy (non-hydrogen) atoms. The van der Waals surface area contributed by atoms with Gasteiger partial charge >= 0.3 is 5.97 Å². The van der Waals surface area contributed by atoms with Gasteiger partial charge in [-0.05, 0) is 49.9 Å². The number of esters is 1. The summed E-state index contributed by atoms with van der Waals surface area (Å²) in [6.45, 7) is 1.35. The van der Waals surface area contributed by atoms with Crippen LogP contribution in [0.4, 0.5) is 0 Å². The van der Waals surface area contributed by atoms with E-state index in [0.29, 0.717) is 12.4 Å². The van der Waals surface area contributed by atoms with E-state index in [4.69, 9.17) is 18.9 Å². The fourth-order valence-corrected chi connectivity index (χ4v) is 2.69. The maximum atomic E-state index is 12.2. The van der Waals surface area contributed by atoms with Gasteiger partial charge in [0.15, 0.2) is 0 Å². The Kier molecular flexibility index (Phi) is 4.95. The average Bonchev–Trinajstić information content (AvgIpc) is 3.38. The van der Waals surface area contributed by atoms with Crippen molar-refractivity contribution < 1.29 is 23.7 Å². The van der Waals surface area contributed by atoms with Crippen LogP contribution in [0.15, 0.2) is 24.3 Å². The summed E-state index contributed by atoms with van der Waals surface area (Å²) in [5, 5.41) is 0. The van der Waals surface area contributed by atoms with Gasteiger partial charge in [0.1, 0.15) is 24.2 Å². The van der Waals surface area contributed by atoms with Crippen LogP contribution in [-0.4, -0.2) is 38.5 Å². The van der Waals surface area contributed by atoms with Crippen LogP contribution in [0.25, 0.3) is 0 Å². The van der Waals surface area contributed by atoms with Gasteiger partial charge < -0.3 is 18.9 Å². The van der Waals surface area contributed by atoms with Crippen molar-refractivity contribution in [1.82, 2.24) is 0 Å². The molecule has 120 valence electrons. The largest absolute Gasteiger partial charge is 0.491 e. The summed E-state index contributed by atoms with van der Waals surface area (Å²) in [5.41, 5.74) is 0. The predicted octanol–water partition coefficient (Wildman–Crippen LogP) is 2.57. The topological polar surface area (TPSA) is 57.3 Å². The molecule has 5 heteroatoms. The molecule has 1 aliphatic carbocycles. The Balaban J connectivity index is 1.46. The fraction of sp³-hybridized carbons (Fsp3) is 0.588. The van der Waals surface area contributed by atoms with E-state index < -0.39 is 0 Å². The summed E-state index contributed by atoms with van der Waals surface area (Å²) >= 11 is 0. The molecule has 1 aliphatic heterocycles. The van der Waals surface area contributed by atoms with Gasteiger partial charge in [-0.3, -0.25) is 4.79 Å². The summed E-state index contributed by atoms with van der Waals surface area (Å²) in [6.07, 6.45) is 4.04. The van der Waals surface area contributed by atoms with Gasteiger partial charge in [0.2, 0.25) is 0 Å². The molecule has 0 bridgehead atoms. The smallest absolute Gasteiger partial charge is 0.314 e. The minimum atomic E-state index is -0.144. The van der Waals surface area contributed by atoms with Crippen LogP contribution in [0.3, 0.4) is 0 Å². The lowest BCUT2D eigenvalue weighted by molar-refractivity contribution is -0.140. The van der Waals surface area contributed by atoms with E-state index in [1.165, 1.54) is 0 Å². The van der Waals surface area contributed by atoms with Gasteiger partial charge in [0.25, 0.3) is 0 Å². The van der Waals surface area contributed by atoms with Gasteiger partial charge in [0.05, 0.1) is 18.6 Å². The first-order valence-corrected chi connectivity index (χ1v) is 7.83. The van der Waals surface area contributed by atoms with Crippen molar-refractivity contribution >= 4 is 5.97 Å². The van der Waals surface area contributed by atoms with Crippen LogP contribution in [-0.2, 0) is 14.3 Å². The molecule has 3 rings (SSSR count). The highest BCUT2D eigenvalue weighted by atomic mass is 16.6. The quantitative estimate of drug-likeness (QED) is 0.459. The Labute approximate surface area is 130 Å². The minimum Gasteiger partial charge on any atom is -0.491 e. The monoisotopic (exact) mass is 306 g/mol. The summed E-state index contributed by atoms with van der Waals surface area (Å²) in [4.78, 5) is 12.2. The van der Waals surface area contributed by atoms with E-state index in [2.05, 4.69) is 0 Å². The Morgan fingerprint density at radius 1 is 1.14 bits per heavy atom. The Bertz CT molecular complexity index is 486. The number of benzene rings is 1. The molecule has 0 N–H and O–H groups in total. The lowest BCUT2D eigenvalue weighted by Crippen LogP contribution is -2.28. The molecule has 0 radical (unpaired) electrons. The first kappa shape index (κ1) is 15.3. The van der Waals surface area contributed by atoms with Crippen molar-refractivity contribution in [2.45, 2.75) is 37.9 Å². The predicted molar refractivity (Wildman–Crippen MR) is 80.1 cm³/mol. The van der Waals surface area contributed by atoms with E-state index in [-0.39, 0.29) is 24.1 Å². The molecule has 2 fully saturated rings. The van der Waals surface area contributed by atoms with Crippen LogP contribution >= 0.6 is 0 Å². The molecule has 0 aromatic heterocycles. The zero-order valence-electron chi connectivity index (χ0n) is 12.8. The number of rotatable bonds is 6. The zero-order chi connectivity index (χ0) is 15.4. The molecule has 1 heterocycles. The second-order valence-corrected chi connectivity index (χ2v) is 5.87. The summed E-state index contributed by atoms with van der Waals surface area (Å²) in [5.74, 6) is 1.16. The summed E-state index contributed by atoms with van der Waals surface area (Å²) in [7, 11) is 1.72. The van der Waals surface area contributed by atoms with Crippen molar-refractivity contribution in [1.29, 1.82) is 0 Å². The third-order valence-electron chi connectivity index (χ3n) is 4.22. The van der Waals surface area contributed by atoms with Gasteiger partial charge in [-0.25, -0.2) is 0 Å². The van der Waals surface area contributed by atoms with Gasteiger partial charge in [-0.1, -0.05) is 0 Å². The number of carbonyl (C=O) groups is 1. The molecule has 1 aromatic carbocycles. The van der Waals surface area contributed by atoms with Crippen molar-refractivity contribution in [3.63, 3.8) is 0 Å². The zero-order valence-corrected chi connectivity index (χ0v) is 12.8. The molecule has 1 unspecified atom stereocenters. The summed E-state index contributed by atoms with van der Waals surface area (Å²) < 4.78 is 21.4. The lowest BCUT2D eigenvalue weighted by Gasteiger charge is -2.26. The first-order valence-electron chi connectivity index (χ1n) is 7.83. The van der Waals surface area contributed by atoms with E-state index in [1.54, 1.807) is 19.2 Å². The standard InChI is InChI=1S/C17H22O5/c1-19-13-4-2-12(3-5-13)17(18)22-15-8-6-14(7-9-15)20-10-16-11-21-16/h6-9,12-13,16H,2-5,10-11H2,1H3. The van der Waals surface area contributed by atoms with Crippen LogP contribution < -0.4 is 9.47 Å². The van der Waals surface area contributed by atoms with E-state index in [1.807, 2.05) is 12.1 Å². The van der Waals surface area contributed by atoms with Crippen LogP contribution in [0, 0.1) is 5.92 Å². The number of ether oxygens (including phenoxy) is 4.